The number of aliphatic hydroxyl groups is 1. The Balaban J connectivity index is 1.83. The Bertz CT molecular complexity index is 644. The van der Waals surface area contributed by atoms with E-state index in [4.69, 9.17) is 4.52 Å². The normalized spacial score (nSPS) is 22.9. The van der Waals surface area contributed by atoms with Crippen LogP contribution >= 0.6 is 0 Å². The first-order valence-electron chi connectivity index (χ1n) is 6.82. The molecule has 0 unspecified atom stereocenters. The first-order chi connectivity index (χ1) is 10.0. The zero-order valence-electron chi connectivity index (χ0n) is 11.6. The standard InChI is InChI=1S/C15H16F2N2O2/c1-9-4-11(18-21-9)7-19-8-12(20)6-15(19)10-2-3-13(16)14(17)5-10/h2-5,12,15,20H,6-8H2,1H3/t12-,15-/m0/s1. The van der Waals surface area contributed by atoms with E-state index in [-0.39, 0.29) is 6.04 Å². The molecule has 0 aliphatic carbocycles. The Hall–Kier alpha value is -1.79. The Morgan fingerprint density at radius 2 is 2.14 bits per heavy atom. The maximum Gasteiger partial charge on any atom is 0.159 e. The van der Waals surface area contributed by atoms with Crippen LogP contribution in [0.25, 0.3) is 0 Å². The lowest BCUT2D eigenvalue weighted by Crippen LogP contribution is -2.24. The quantitative estimate of drug-likeness (QED) is 0.945. The van der Waals surface area contributed by atoms with Crippen molar-refractivity contribution in [2.75, 3.05) is 6.54 Å². The fourth-order valence-corrected chi connectivity index (χ4v) is 2.82. The van der Waals surface area contributed by atoms with Crippen molar-refractivity contribution in [2.24, 2.45) is 0 Å². The van der Waals surface area contributed by atoms with Crippen LogP contribution < -0.4 is 0 Å². The number of hydrogen-bond donors (Lipinski definition) is 1. The number of halogens is 2. The monoisotopic (exact) mass is 294 g/mol. The number of nitrogens with zero attached hydrogens (tertiary/aromatic N) is 2. The number of hydrogen-bond acceptors (Lipinski definition) is 4. The summed E-state index contributed by atoms with van der Waals surface area (Å²) in [5.41, 5.74) is 1.42. The summed E-state index contributed by atoms with van der Waals surface area (Å²) in [7, 11) is 0. The van der Waals surface area contributed by atoms with Gasteiger partial charge in [0.15, 0.2) is 11.6 Å². The van der Waals surface area contributed by atoms with Crippen LogP contribution in [0.1, 0.15) is 29.5 Å². The van der Waals surface area contributed by atoms with Crippen LogP contribution in [0, 0.1) is 18.6 Å². The van der Waals surface area contributed by atoms with E-state index in [1.165, 1.54) is 6.07 Å². The van der Waals surface area contributed by atoms with Crippen molar-refractivity contribution in [3.8, 4) is 0 Å². The van der Waals surface area contributed by atoms with Gasteiger partial charge in [0.25, 0.3) is 0 Å². The van der Waals surface area contributed by atoms with Crippen LogP contribution in [0.5, 0.6) is 0 Å². The Kier molecular flexibility index (Phi) is 3.73. The van der Waals surface area contributed by atoms with Crippen molar-refractivity contribution in [1.29, 1.82) is 0 Å². The molecule has 0 saturated carbocycles. The van der Waals surface area contributed by atoms with Gasteiger partial charge in [0.2, 0.25) is 0 Å². The summed E-state index contributed by atoms with van der Waals surface area (Å²) in [6.45, 7) is 2.77. The summed E-state index contributed by atoms with van der Waals surface area (Å²) in [4.78, 5) is 1.99. The molecule has 21 heavy (non-hydrogen) atoms. The number of aromatic nitrogens is 1. The summed E-state index contributed by atoms with van der Waals surface area (Å²) in [6.07, 6.45) is -0.00171. The van der Waals surface area contributed by atoms with Crippen molar-refractivity contribution in [3.05, 3.63) is 52.9 Å². The molecule has 2 aromatic rings. The SMILES string of the molecule is Cc1cc(CN2C[C@@H](O)C[C@H]2c2ccc(F)c(F)c2)no1. The van der Waals surface area contributed by atoms with Gasteiger partial charge in [-0.15, -0.1) is 0 Å². The third-order valence-electron chi connectivity index (χ3n) is 3.75. The minimum Gasteiger partial charge on any atom is -0.392 e. The lowest BCUT2D eigenvalue weighted by atomic mass is 10.0. The van der Waals surface area contributed by atoms with Gasteiger partial charge in [0.1, 0.15) is 5.76 Å². The van der Waals surface area contributed by atoms with Crippen molar-refractivity contribution >= 4 is 0 Å². The zero-order chi connectivity index (χ0) is 15.0. The van der Waals surface area contributed by atoms with E-state index in [1.807, 2.05) is 17.9 Å². The highest BCUT2D eigenvalue weighted by Gasteiger charge is 2.32. The molecule has 0 radical (unpaired) electrons. The molecule has 1 aliphatic rings. The molecule has 2 atom stereocenters. The number of aryl methyl sites for hydroxylation is 1. The second-order valence-electron chi connectivity index (χ2n) is 5.44. The first kappa shape index (κ1) is 14.2. The van der Waals surface area contributed by atoms with Gasteiger partial charge in [-0.05, 0) is 31.0 Å². The maximum absolute atomic E-state index is 13.4. The van der Waals surface area contributed by atoms with Crippen LogP contribution in [-0.4, -0.2) is 27.8 Å². The zero-order valence-corrected chi connectivity index (χ0v) is 11.6. The smallest absolute Gasteiger partial charge is 0.159 e. The molecule has 3 rings (SSSR count). The van der Waals surface area contributed by atoms with Gasteiger partial charge in [0.05, 0.1) is 11.8 Å². The third kappa shape index (κ3) is 2.96. The molecule has 0 bridgehead atoms. The van der Waals surface area contributed by atoms with Crippen molar-refractivity contribution in [2.45, 2.75) is 32.0 Å². The van der Waals surface area contributed by atoms with Crippen molar-refractivity contribution in [1.82, 2.24) is 10.1 Å². The average molecular weight is 294 g/mol. The number of β-amino-alcohol motifs (C(OH)–C–C–N with tert-alkyl or cyclic N) is 1. The summed E-state index contributed by atoms with van der Waals surface area (Å²) in [5, 5.41) is 13.8. The van der Waals surface area contributed by atoms with Gasteiger partial charge in [-0.25, -0.2) is 8.78 Å². The molecule has 1 aromatic carbocycles. The molecule has 4 nitrogen and oxygen atoms in total. The first-order valence-corrected chi connectivity index (χ1v) is 6.82. The molecule has 6 heteroatoms. The number of rotatable bonds is 3. The maximum atomic E-state index is 13.4. The van der Waals surface area contributed by atoms with Crippen LogP contribution in [0.2, 0.25) is 0 Å². The van der Waals surface area contributed by atoms with Gasteiger partial charge >= 0.3 is 0 Å². The van der Waals surface area contributed by atoms with E-state index >= 15 is 0 Å². The molecule has 0 spiro atoms. The van der Waals surface area contributed by atoms with Gasteiger partial charge in [-0.3, -0.25) is 4.90 Å². The molecule has 112 valence electrons. The Morgan fingerprint density at radius 1 is 1.33 bits per heavy atom. The lowest BCUT2D eigenvalue weighted by Gasteiger charge is -2.23. The van der Waals surface area contributed by atoms with Crippen molar-refractivity contribution < 1.29 is 18.4 Å². The second kappa shape index (κ2) is 5.54. The van der Waals surface area contributed by atoms with E-state index in [1.54, 1.807) is 6.07 Å². The molecular formula is C15H16F2N2O2. The molecule has 2 heterocycles. The lowest BCUT2D eigenvalue weighted by molar-refractivity contribution is 0.171. The predicted molar refractivity (Wildman–Crippen MR) is 71.4 cm³/mol. The molecule has 1 saturated heterocycles. The van der Waals surface area contributed by atoms with Gasteiger partial charge in [-0.2, -0.15) is 0 Å². The van der Waals surface area contributed by atoms with Gasteiger partial charge < -0.3 is 9.63 Å². The van der Waals surface area contributed by atoms with Crippen molar-refractivity contribution in [3.63, 3.8) is 0 Å². The summed E-state index contributed by atoms with van der Waals surface area (Å²) < 4.78 is 31.5. The van der Waals surface area contributed by atoms with Crippen LogP contribution in [0.4, 0.5) is 8.78 Å². The fraction of sp³-hybridized carbons (Fsp3) is 0.400. The Labute approximate surface area is 121 Å². The van der Waals surface area contributed by atoms with E-state index in [2.05, 4.69) is 5.16 Å². The van der Waals surface area contributed by atoms with Crippen LogP contribution in [0.15, 0.2) is 28.8 Å². The molecule has 1 aromatic heterocycles. The van der Waals surface area contributed by atoms with E-state index in [0.29, 0.717) is 30.8 Å². The second-order valence-corrected chi connectivity index (χ2v) is 5.44. The number of likely N-dealkylation sites (tertiary alicyclic amines) is 1. The highest BCUT2D eigenvalue weighted by atomic mass is 19.2. The highest BCUT2D eigenvalue weighted by Crippen LogP contribution is 2.33. The minimum absolute atomic E-state index is 0.160. The van der Waals surface area contributed by atoms with Crippen LogP contribution in [-0.2, 0) is 6.54 Å². The van der Waals surface area contributed by atoms with E-state index in [0.717, 1.165) is 11.8 Å². The number of benzene rings is 1. The average Bonchev–Trinajstić information content (AvgIpc) is 3.00. The molecule has 1 fully saturated rings. The number of aliphatic hydroxyl groups excluding tert-OH is 1. The van der Waals surface area contributed by atoms with Gasteiger partial charge in [0, 0.05) is 25.2 Å². The summed E-state index contributed by atoms with van der Waals surface area (Å²) in [6, 6.07) is 5.54. The third-order valence-corrected chi connectivity index (χ3v) is 3.75. The summed E-state index contributed by atoms with van der Waals surface area (Å²) >= 11 is 0. The van der Waals surface area contributed by atoms with Gasteiger partial charge in [-0.1, -0.05) is 11.2 Å². The Morgan fingerprint density at radius 3 is 2.81 bits per heavy atom. The molecular weight excluding hydrogens is 278 g/mol. The fourth-order valence-electron chi connectivity index (χ4n) is 2.82. The van der Waals surface area contributed by atoms with Crippen LogP contribution in [0.3, 0.4) is 0 Å². The minimum atomic E-state index is -0.869. The predicted octanol–water partition coefficient (Wildman–Crippen LogP) is 2.57. The largest absolute Gasteiger partial charge is 0.392 e. The topological polar surface area (TPSA) is 49.5 Å². The van der Waals surface area contributed by atoms with E-state index in [9.17, 15) is 13.9 Å². The van der Waals surface area contributed by atoms with E-state index < -0.39 is 17.7 Å². The summed E-state index contributed by atoms with van der Waals surface area (Å²) in [5.74, 6) is -1.02. The highest BCUT2D eigenvalue weighted by molar-refractivity contribution is 5.23. The molecule has 0 amide bonds. The molecule has 1 N–H and O–H groups in total. The molecule has 1 aliphatic heterocycles.